The lowest BCUT2D eigenvalue weighted by atomic mass is 10.0. The normalized spacial score (nSPS) is 13.9. The predicted molar refractivity (Wildman–Crippen MR) is 68.4 cm³/mol. The summed E-state index contributed by atoms with van der Waals surface area (Å²) in [6, 6.07) is 3.22. The summed E-state index contributed by atoms with van der Waals surface area (Å²) in [6.45, 7) is 2.40. The first-order valence-electron chi connectivity index (χ1n) is 5.66. The summed E-state index contributed by atoms with van der Waals surface area (Å²) >= 11 is 0. The summed E-state index contributed by atoms with van der Waals surface area (Å²) in [5.41, 5.74) is 4.60. The second kappa shape index (κ2) is 6.32. The number of aliphatic hydroxyl groups is 1. The Morgan fingerprint density at radius 1 is 1.67 bits per heavy atom. The summed E-state index contributed by atoms with van der Waals surface area (Å²) in [6.07, 6.45) is 2.04. The van der Waals surface area contributed by atoms with Crippen LogP contribution in [0, 0.1) is 0 Å². The van der Waals surface area contributed by atoms with Crippen molar-refractivity contribution in [2.45, 2.75) is 18.9 Å². The molecule has 1 aromatic rings. The maximum Gasteiger partial charge on any atom is 0.252 e. The van der Waals surface area contributed by atoms with Crippen LogP contribution in [-0.2, 0) is 4.74 Å². The lowest BCUT2D eigenvalue weighted by molar-refractivity contribution is 0.0356. The van der Waals surface area contributed by atoms with Crippen LogP contribution in [-0.4, -0.2) is 41.9 Å². The minimum atomic E-state index is -0.942. The number of nitrogens with two attached hydrogens (primary N) is 1. The van der Waals surface area contributed by atoms with Gasteiger partial charge in [0.2, 0.25) is 0 Å². The van der Waals surface area contributed by atoms with Gasteiger partial charge in [-0.25, -0.2) is 4.98 Å². The Hall–Kier alpha value is -1.66. The van der Waals surface area contributed by atoms with Gasteiger partial charge in [0.1, 0.15) is 5.82 Å². The van der Waals surface area contributed by atoms with E-state index >= 15 is 0 Å². The number of amides is 1. The van der Waals surface area contributed by atoms with Crippen LogP contribution < -0.4 is 11.1 Å². The molecule has 0 aliphatic carbocycles. The minimum absolute atomic E-state index is 0.258. The lowest BCUT2D eigenvalue weighted by Gasteiger charge is -2.23. The molecule has 0 aromatic carbocycles. The number of pyridine rings is 1. The standard InChI is InChI=1S/C12H19N3O3/c1-12(17,5-7-18-2)8-15-11-9(10(13)16)4-3-6-14-11/h3-4,6,17H,5,7-8H2,1-2H3,(H2,13,16)(H,14,15). The van der Waals surface area contributed by atoms with E-state index in [2.05, 4.69) is 10.3 Å². The zero-order chi connectivity index (χ0) is 13.6. The summed E-state index contributed by atoms with van der Waals surface area (Å²) in [4.78, 5) is 15.2. The van der Waals surface area contributed by atoms with E-state index in [-0.39, 0.29) is 6.54 Å². The van der Waals surface area contributed by atoms with Gasteiger partial charge in [0.15, 0.2) is 0 Å². The fourth-order valence-corrected chi connectivity index (χ4v) is 1.43. The van der Waals surface area contributed by atoms with E-state index in [1.54, 1.807) is 32.4 Å². The van der Waals surface area contributed by atoms with Gasteiger partial charge in [0.25, 0.3) is 5.91 Å². The maximum absolute atomic E-state index is 11.2. The van der Waals surface area contributed by atoms with Crippen molar-refractivity contribution in [1.82, 2.24) is 4.98 Å². The van der Waals surface area contributed by atoms with Crippen LogP contribution in [0.5, 0.6) is 0 Å². The fraction of sp³-hybridized carbons (Fsp3) is 0.500. The quantitative estimate of drug-likeness (QED) is 0.652. The van der Waals surface area contributed by atoms with E-state index in [1.807, 2.05) is 0 Å². The predicted octanol–water partition coefficient (Wildman–Crippen LogP) is 0.380. The van der Waals surface area contributed by atoms with E-state index in [0.717, 1.165) is 0 Å². The molecule has 100 valence electrons. The molecule has 0 aliphatic rings. The number of primary amides is 1. The average Bonchev–Trinajstić information content (AvgIpc) is 2.34. The van der Waals surface area contributed by atoms with Gasteiger partial charge < -0.3 is 20.9 Å². The van der Waals surface area contributed by atoms with Crippen LogP contribution >= 0.6 is 0 Å². The largest absolute Gasteiger partial charge is 0.388 e. The van der Waals surface area contributed by atoms with Crippen molar-refractivity contribution < 1.29 is 14.6 Å². The third-order valence-electron chi connectivity index (χ3n) is 2.55. The van der Waals surface area contributed by atoms with E-state index in [4.69, 9.17) is 10.5 Å². The molecule has 0 spiro atoms. The van der Waals surface area contributed by atoms with Crippen LogP contribution in [0.25, 0.3) is 0 Å². The number of hydrogen-bond donors (Lipinski definition) is 3. The molecule has 1 amide bonds. The van der Waals surface area contributed by atoms with Crippen molar-refractivity contribution in [2.75, 3.05) is 25.6 Å². The molecular formula is C12H19N3O3. The Kier molecular flexibility index (Phi) is 5.06. The van der Waals surface area contributed by atoms with Crippen molar-refractivity contribution in [3.63, 3.8) is 0 Å². The summed E-state index contributed by atoms with van der Waals surface area (Å²) in [7, 11) is 1.58. The van der Waals surface area contributed by atoms with E-state index in [9.17, 15) is 9.90 Å². The highest BCUT2D eigenvalue weighted by Gasteiger charge is 2.20. The van der Waals surface area contributed by atoms with Gasteiger partial charge in [-0.2, -0.15) is 0 Å². The Morgan fingerprint density at radius 2 is 2.39 bits per heavy atom. The summed E-state index contributed by atoms with van der Waals surface area (Å²) in [5.74, 6) is -0.176. The van der Waals surface area contributed by atoms with E-state index < -0.39 is 11.5 Å². The lowest BCUT2D eigenvalue weighted by Crippen LogP contribution is -2.35. The number of carbonyl (C=O) groups excluding carboxylic acids is 1. The molecule has 0 bridgehead atoms. The van der Waals surface area contributed by atoms with Crippen molar-refractivity contribution >= 4 is 11.7 Å². The van der Waals surface area contributed by atoms with Gasteiger partial charge >= 0.3 is 0 Å². The first kappa shape index (κ1) is 14.4. The van der Waals surface area contributed by atoms with Crippen LogP contribution in [0.1, 0.15) is 23.7 Å². The van der Waals surface area contributed by atoms with E-state index in [1.165, 1.54) is 0 Å². The van der Waals surface area contributed by atoms with Crippen LogP contribution in [0.2, 0.25) is 0 Å². The van der Waals surface area contributed by atoms with E-state index in [0.29, 0.717) is 24.4 Å². The number of hydrogen-bond acceptors (Lipinski definition) is 5. The number of nitrogens with zero attached hydrogens (tertiary/aromatic N) is 1. The topological polar surface area (TPSA) is 97.5 Å². The molecule has 1 aromatic heterocycles. The number of rotatable bonds is 7. The van der Waals surface area contributed by atoms with Gasteiger partial charge in [-0.15, -0.1) is 0 Å². The fourth-order valence-electron chi connectivity index (χ4n) is 1.43. The van der Waals surface area contributed by atoms with Crippen LogP contribution in [0.4, 0.5) is 5.82 Å². The number of nitrogens with one attached hydrogen (secondary N) is 1. The first-order valence-corrected chi connectivity index (χ1v) is 5.66. The highest BCUT2D eigenvalue weighted by atomic mass is 16.5. The van der Waals surface area contributed by atoms with Crippen LogP contribution in [0.15, 0.2) is 18.3 Å². The molecule has 1 atom stereocenters. The zero-order valence-electron chi connectivity index (χ0n) is 10.6. The molecule has 1 unspecified atom stereocenters. The molecule has 0 fully saturated rings. The molecule has 6 heteroatoms. The first-order chi connectivity index (χ1) is 8.46. The molecule has 4 N–H and O–H groups in total. The van der Waals surface area contributed by atoms with Gasteiger partial charge in [-0.3, -0.25) is 4.79 Å². The molecule has 0 aliphatic heterocycles. The number of carbonyl (C=O) groups is 1. The number of anilines is 1. The monoisotopic (exact) mass is 253 g/mol. The number of methoxy groups -OCH3 is 1. The molecule has 0 radical (unpaired) electrons. The Morgan fingerprint density at radius 3 is 3.00 bits per heavy atom. The molecule has 0 saturated carbocycles. The van der Waals surface area contributed by atoms with Crippen molar-refractivity contribution in [2.24, 2.45) is 5.73 Å². The smallest absolute Gasteiger partial charge is 0.252 e. The maximum atomic E-state index is 11.2. The van der Waals surface area contributed by atoms with Crippen molar-refractivity contribution in [1.29, 1.82) is 0 Å². The number of ether oxygens (including phenoxy) is 1. The SMILES string of the molecule is COCCC(C)(O)CNc1ncccc1C(N)=O. The summed E-state index contributed by atoms with van der Waals surface area (Å²) < 4.78 is 4.91. The molecule has 1 rings (SSSR count). The minimum Gasteiger partial charge on any atom is -0.388 e. The second-order valence-corrected chi connectivity index (χ2v) is 4.36. The molecule has 0 saturated heterocycles. The molecule has 18 heavy (non-hydrogen) atoms. The van der Waals surface area contributed by atoms with Gasteiger partial charge in [-0.1, -0.05) is 0 Å². The Balaban J connectivity index is 2.65. The summed E-state index contributed by atoms with van der Waals surface area (Å²) in [5, 5.41) is 13.0. The van der Waals surface area contributed by atoms with Gasteiger partial charge in [0, 0.05) is 32.9 Å². The van der Waals surface area contributed by atoms with Crippen molar-refractivity contribution in [3.05, 3.63) is 23.9 Å². The van der Waals surface area contributed by atoms with Gasteiger partial charge in [-0.05, 0) is 19.1 Å². The molecular weight excluding hydrogens is 234 g/mol. The zero-order valence-corrected chi connectivity index (χ0v) is 10.6. The van der Waals surface area contributed by atoms with Crippen LogP contribution in [0.3, 0.4) is 0 Å². The van der Waals surface area contributed by atoms with Crippen molar-refractivity contribution in [3.8, 4) is 0 Å². The Bertz CT molecular complexity index is 407. The van der Waals surface area contributed by atoms with Gasteiger partial charge in [0.05, 0.1) is 11.2 Å². The third kappa shape index (κ3) is 4.31. The highest BCUT2D eigenvalue weighted by Crippen LogP contribution is 2.14. The molecule has 6 nitrogen and oxygen atoms in total. The number of aromatic nitrogens is 1. The average molecular weight is 253 g/mol. The second-order valence-electron chi connectivity index (χ2n) is 4.36. The Labute approximate surface area is 106 Å². The third-order valence-corrected chi connectivity index (χ3v) is 2.55. The highest BCUT2D eigenvalue weighted by molar-refractivity contribution is 5.97. The molecule has 1 heterocycles.